The lowest BCUT2D eigenvalue weighted by molar-refractivity contribution is -0.112. The zero-order valence-electron chi connectivity index (χ0n) is 26.7. The zero-order chi connectivity index (χ0) is 32.8. The number of hydrogen-bond donors (Lipinski definition) is 2. The highest BCUT2D eigenvalue weighted by Gasteiger charge is 2.36. The summed E-state index contributed by atoms with van der Waals surface area (Å²) >= 11 is 6.64. The Morgan fingerprint density at radius 1 is 0.810 bits per heavy atom. The fourth-order valence-corrected chi connectivity index (χ4v) is 5.69. The van der Waals surface area contributed by atoms with Gasteiger partial charge in [-0.3, -0.25) is 4.79 Å². The van der Waals surface area contributed by atoms with E-state index in [1.54, 1.807) is 0 Å². The Bertz CT molecular complexity index is 1370. The lowest BCUT2D eigenvalue weighted by atomic mass is 9.82. The third-order valence-electron chi connectivity index (χ3n) is 6.38. The minimum absolute atomic E-state index is 0.0139. The van der Waals surface area contributed by atoms with Crippen molar-refractivity contribution in [3.63, 3.8) is 0 Å². The van der Waals surface area contributed by atoms with Crippen LogP contribution in [0, 0.1) is 10.8 Å². The molecule has 0 spiro atoms. The van der Waals surface area contributed by atoms with Crippen LogP contribution in [0.15, 0.2) is 63.1 Å². The standard InChI is InChI=1S/C32H43NO2S2.BF4/c1-29(2,3)22-17-19(27(36)28(35-22)32(10,11)12)16-21-25(33)20(26(21)34)13-18-14-23(30(4,5)6)37-24(15-18)31(7,8)9;2-1(3,4)5/h13-17H,1-12H3,(H2-,33,34,36);/q;-1/p+1. The molecule has 232 valence electrons. The van der Waals surface area contributed by atoms with Gasteiger partial charge in [0.2, 0.25) is 21.1 Å². The second-order valence-electron chi connectivity index (χ2n) is 14.7. The number of Topliss-reactive ketones (excluding diaryl/α,β-unsaturated/α-hetero) is 1. The Kier molecular flexibility index (Phi) is 10.2. The van der Waals surface area contributed by atoms with Gasteiger partial charge in [0.1, 0.15) is 11.5 Å². The summed E-state index contributed by atoms with van der Waals surface area (Å²) in [5, 5.41) is 0. The SMILES string of the molecule is CC(C)(C)C1=CC(=CC2=C(N)C(=Cc3cc(C(C)(C)C)[s+]c(C(C)(C)C)c3)C2=O)C(S)=C(C(C)(C)C)O1.F[B-](F)(F)F. The molecular formula is C32H44BF4NO2S2. The van der Waals surface area contributed by atoms with Crippen molar-refractivity contribution >= 4 is 43.1 Å². The molecule has 3 nitrogen and oxygen atoms in total. The first-order chi connectivity index (χ1) is 18.6. The van der Waals surface area contributed by atoms with E-state index in [1.807, 2.05) is 29.6 Å². The molecule has 0 aromatic carbocycles. The van der Waals surface area contributed by atoms with E-state index in [4.69, 9.17) is 23.1 Å². The van der Waals surface area contributed by atoms with Gasteiger partial charge in [0.25, 0.3) is 0 Å². The first kappa shape index (κ1) is 35.9. The molecular weight excluding hydrogens is 581 g/mol. The summed E-state index contributed by atoms with van der Waals surface area (Å²) < 4.78 is 45.3. The molecule has 2 heterocycles. The smallest absolute Gasteiger partial charge is 0.464 e. The van der Waals surface area contributed by atoms with Gasteiger partial charge in [-0.05, 0) is 29.4 Å². The van der Waals surface area contributed by atoms with Crippen LogP contribution in [0.4, 0.5) is 17.3 Å². The van der Waals surface area contributed by atoms with Crippen molar-refractivity contribution in [3.8, 4) is 0 Å². The average molecular weight is 626 g/mol. The highest BCUT2D eigenvalue weighted by molar-refractivity contribution is 7.84. The Labute approximate surface area is 258 Å². The van der Waals surface area contributed by atoms with E-state index in [0.29, 0.717) is 16.8 Å². The molecule has 0 bridgehead atoms. The highest BCUT2D eigenvalue weighted by atomic mass is 32.1. The van der Waals surface area contributed by atoms with Crippen LogP contribution in [-0.2, 0) is 20.4 Å². The Balaban J connectivity index is 0.00000113. The van der Waals surface area contributed by atoms with Crippen LogP contribution in [0.25, 0.3) is 6.08 Å². The molecule has 1 aromatic heterocycles. The second-order valence-corrected chi connectivity index (χ2v) is 16.2. The third kappa shape index (κ3) is 9.34. The van der Waals surface area contributed by atoms with Crippen LogP contribution in [0.3, 0.4) is 0 Å². The van der Waals surface area contributed by atoms with Gasteiger partial charge in [0.15, 0.2) is 5.78 Å². The van der Waals surface area contributed by atoms with E-state index >= 15 is 0 Å². The maximum atomic E-state index is 13.3. The predicted molar refractivity (Wildman–Crippen MR) is 173 cm³/mol. The van der Waals surface area contributed by atoms with Crippen molar-refractivity contribution in [1.29, 1.82) is 0 Å². The van der Waals surface area contributed by atoms with Crippen LogP contribution in [0.1, 0.15) is 98.4 Å². The maximum Gasteiger partial charge on any atom is 0.673 e. The number of thiol groups is 1. The fraction of sp³-hybridized carbons (Fsp3) is 0.500. The van der Waals surface area contributed by atoms with Crippen molar-refractivity contribution < 1.29 is 26.8 Å². The van der Waals surface area contributed by atoms with Crippen molar-refractivity contribution in [2.45, 2.75) is 93.9 Å². The van der Waals surface area contributed by atoms with Gasteiger partial charge >= 0.3 is 7.25 Å². The monoisotopic (exact) mass is 625 g/mol. The topological polar surface area (TPSA) is 52.3 Å². The van der Waals surface area contributed by atoms with E-state index in [2.05, 4.69) is 95.2 Å². The number of ether oxygens (including phenoxy) is 1. The van der Waals surface area contributed by atoms with Gasteiger partial charge in [-0.15, -0.1) is 12.6 Å². The van der Waals surface area contributed by atoms with Crippen molar-refractivity contribution in [3.05, 3.63) is 78.4 Å². The Morgan fingerprint density at radius 3 is 1.62 bits per heavy atom. The lowest BCUT2D eigenvalue weighted by Crippen LogP contribution is -2.27. The predicted octanol–water partition coefficient (Wildman–Crippen LogP) is 10.2. The molecule has 2 N–H and O–H groups in total. The van der Waals surface area contributed by atoms with Crippen LogP contribution in [-0.4, -0.2) is 13.0 Å². The van der Waals surface area contributed by atoms with E-state index in [1.165, 1.54) is 9.75 Å². The summed E-state index contributed by atoms with van der Waals surface area (Å²) in [7, 11) is -6.00. The van der Waals surface area contributed by atoms with Gasteiger partial charge in [-0.1, -0.05) is 83.1 Å². The number of rotatable bonds is 2. The molecule has 0 radical (unpaired) electrons. The molecule has 1 aliphatic heterocycles. The number of carbonyl (C=O) groups excluding carboxylic acids is 1. The number of nitrogens with two attached hydrogens (primary N) is 1. The molecule has 42 heavy (non-hydrogen) atoms. The molecule has 0 saturated heterocycles. The van der Waals surface area contributed by atoms with Gasteiger partial charge in [0.05, 0.1) is 10.6 Å². The van der Waals surface area contributed by atoms with Crippen molar-refractivity contribution in [1.82, 2.24) is 0 Å². The van der Waals surface area contributed by atoms with Crippen LogP contribution >= 0.6 is 24.0 Å². The summed E-state index contributed by atoms with van der Waals surface area (Å²) in [6.07, 6.45) is 5.79. The van der Waals surface area contributed by atoms with E-state index in [9.17, 15) is 22.1 Å². The quantitative estimate of drug-likeness (QED) is 0.113. The van der Waals surface area contributed by atoms with E-state index < -0.39 is 7.25 Å². The molecule has 0 unspecified atom stereocenters. The third-order valence-corrected chi connectivity index (χ3v) is 8.74. The van der Waals surface area contributed by atoms with Crippen LogP contribution in [0.2, 0.25) is 0 Å². The summed E-state index contributed by atoms with van der Waals surface area (Å²) in [6, 6.07) is 4.37. The minimum atomic E-state index is -6.00. The molecule has 10 heteroatoms. The summed E-state index contributed by atoms with van der Waals surface area (Å²) in [5.74, 6) is 1.60. The first-order valence-corrected chi connectivity index (χ1v) is 15.1. The van der Waals surface area contributed by atoms with Gasteiger partial charge < -0.3 is 27.7 Å². The molecule has 2 aliphatic rings. The van der Waals surface area contributed by atoms with Crippen LogP contribution < -0.4 is 5.73 Å². The number of ketones is 1. The van der Waals surface area contributed by atoms with E-state index in [0.717, 1.165) is 27.6 Å². The fourth-order valence-electron chi connectivity index (χ4n) is 3.94. The van der Waals surface area contributed by atoms with Crippen molar-refractivity contribution in [2.75, 3.05) is 0 Å². The summed E-state index contributed by atoms with van der Waals surface area (Å²) in [6.45, 7) is 26.0. The molecule has 0 saturated carbocycles. The molecule has 0 amide bonds. The Hall–Kier alpha value is -2.33. The van der Waals surface area contributed by atoms with Gasteiger partial charge in [0, 0.05) is 44.9 Å². The zero-order valence-corrected chi connectivity index (χ0v) is 28.4. The van der Waals surface area contributed by atoms with Crippen LogP contribution in [0.5, 0.6) is 0 Å². The normalized spacial score (nSPS) is 19.0. The number of allylic oxidation sites excluding steroid dienone is 7. The first-order valence-electron chi connectivity index (χ1n) is 13.8. The van der Waals surface area contributed by atoms with E-state index in [-0.39, 0.29) is 27.4 Å². The number of carbonyl (C=O) groups is 1. The number of hydrogen-bond acceptors (Lipinski definition) is 4. The molecule has 1 aliphatic carbocycles. The minimum Gasteiger partial charge on any atom is -0.464 e. The van der Waals surface area contributed by atoms with Gasteiger partial charge in [-0.25, -0.2) is 0 Å². The molecule has 3 rings (SSSR count). The lowest BCUT2D eigenvalue weighted by Gasteiger charge is -2.34. The summed E-state index contributed by atoms with van der Waals surface area (Å²) in [4.78, 5) is 16.6. The molecule has 1 aromatic rings. The van der Waals surface area contributed by atoms with Crippen molar-refractivity contribution in [2.24, 2.45) is 16.6 Å². The Morgan fingerprint density at radius 2 is 1.26 bits per heavy atom. The van der Waals surface area contributed by atoms with Gasteiger partial charge in [-0.2, -0.15) is 0 Å². The largest absolute Gasteiger partial charge is 0.673 e. The highest BCUT2D eigenvalue weighted by Crippen LogP contribution is 2.45. The maximum absolute atomic E-state index is 13.3. The molecule has 0 fully saturated rings. The average Bonchev–Trinajstić information content (AvgIpc) is 2.77. The summed E-state index contributed by atoms with van der Waals surface area (Å²) in [5.41, 5.74) is 9.59. The second kappa shape index (κ2) is 12.0. The molecule has 0 atom stereocenters. The number of halogens is 4.